The first-order valence-corrected chi connectivity index (χ1v) is 11.3. The average molecular weight is 382 g/mol. The van der Waals surface area contributed by atoms with Gasteiger partial charge in [0.2, 0.25) is 5.91 Å². The van der Waals surface area contributed by atoms with Crippen molar-refractivity contribution in [1.29, 1.82) is 0 Å². The monoisotopic (exact) mass is 381 g/mol. The van der Waals surface area contributed by atoms with Crippen LogP contribution in [0.4, 0.5) is 0 Å². The number of amides is 1. The molecule has 0 atom stereocenters. The van der Waals surface area contributed by atoms with Crippen LogP contribution in [0.1, 0.15) is 110 Å². The topological polar surface area (TPSA) is 57.6 Å². The maximum atomic E-state index is 12.1. The van der Waals surface area contributed by atoms with Crippen LogP contribution in [0.25, 0.3) is 0 Å². The highest BCUT2D eigenvalue weighted by Gasteiger charge is 2.14. The van der Waals surface area contributed by atoms with Crippen LogP contribution in [0.5, 0.6) is 0 Å². The third-order valence-corrected chi connectivity index (χ3v) is 4.82. The van der Waals surface area contributed by atoms with Gasteiger partial charge in [0.15, 0.2) is 0 Å². The molecule has 0 aliphatic rings. The Morgan fingerprint density at radius 3 is 1.78 bits per heavy atom. The third kappa shape index (κ3) is 17.8. The highest BCUT2D eigenvalue weighted by Crippen LogP contribution is 2.10. The van der Waals surface area contributed by atoms with E-state index in [2.05, 4.69) is 19.1 Å². The highest BCUT2D eigenvalue weighted by molar-refractivity contribution is 5.81. The van der Waals surface area contributed by atoms with Crippen LogP contribution < -0.4 is 0 Å². The highest BCUT2D eigenvalue weighted by atomic mass is 16.4. The first-order valence-electron chi connectivity index (χ1n) is 11.3. The van der Waals surface area contributed by atoms with E-state index in [0.717, 1.165) is 32.1 Å². The van der Waals surface area contributed by atoms with Crippen LogP contribution in [0.2, 0.25) is 0 Å². The van der Waals surface area contributed by atoms with Crippen LogP contribution in [-0.2, 0) is 9.59 Å². The molecule has 0 aliphatic carbocycles. The molecule has 4 nitrogen and oxygen atoms in total. The van der Waals surface area contributed by atoms with Crippen LogP contribution in [0, 0.1) is 0 Å². The fourth-order valence-electron chi connectivity index (χ4n) is 3.23. The maximum absolute atomic E-state index is 12.1. The van der Waals surface area contributed by atoms with Crippen molar-refractivity contribution in [1.82, 2.24) is 4.90 Å². The van der Waals surface area contributed by atoms with E-state index < -0.39 is 5.97 Å². The molecule has 0 aromatic rings. The van der Waals surface area contributed by atoms with Gasteiger partial charge in [-0.25, -0.2) is 0 Å². The Balaban J connectivity index is 3.49. The van der Waals surface area contributed by atoms with Crippen molar-refractivity contribution >= 4 is 11.9 Å². The van der Waals surface area contributed by atoms with Gasteiger partial charge in [-0.05, 0) is 38.5 Å². The summed E-state index contributed by atoms with van der Waals surface area (Å²) in [5.41, 5.74) is 0. The molecule has 0 radical (unpaired) electrons. The number of carboxylic acids is 1. The first kappa shape index (κ1) is 25.7. The zero-order chi connectivity index (χ0) is 20.2. The molecule has 0 fully saturated rings. The molecule has 0 heterocycles. The summed E-state index contributed by atoms with van der Waals surface area (Å²) in [5.74, 6) is -0.946. The van der Waals surface area contributed by atoms with Crippen LogP contribution in [-0.4, -0.2) is 35.0 Å². The van der Waals surface area contributed by atoms with Crippen LogP contribution >= 0.6 is 0 Å². The van der Waals surface area contributed by atoms with Gasteiger partial charge in [0, 0.05) is 13.0 Å². The molecule has 0 rings (SSSR count). The van der Waals surface area contributed by atoms with Crippen molar-refractivity contribution in [2.75, 3.05) is 13.1 Å². The minimum Gasteiger partial charge on any atom is -0.480 e. The molecule has 0 saturated heterocycles. The fraction of sp³-hybridized carbons (Fsp3) is 0.826. The molecule has 0 spiro atoms. The Kier molecular flexibility index (Phi) is 18.5. The number of hydrogen-bond acceptors (Lipinski definition) is 2. The van der Waals surface area contributed by atoms with E-state index in [-0.39, 0.29) is 12.5 Å². The number of nitrogens with zero attached hydrogens (tertiary/aromatic N) is 1. The van der Waals surface area contributed by atoms with E-state index in [1.54, 1.807) is 0 Å². The third-order valence-electron chi connectivity index (χ3n) is 4.82. The number of carboxylic acid groups (broad SMARTS) is 1. The molecule has 1 N–H and O–H groups in total. The lowest BCUT2D eigenvalue weighted by Gasteiger charge is -2.19. The smallest absolute Gasteiger partial charge is 0.323 e. The maximum Gasteiger partial charge on any atom is 0.323 e. The van der Waals surface area contributed by atoms with E-state index in [9.17, 15) is 9.59 Å². The molecular weight excluding hydrogens is 338 g/mol. The van der Waals surface area contributed by atoms with Crippen molar-refractivity contribution in [3.63, 3.8) is 0 Å². The molecule has 0 aromatic heterocycles. The molecule has 0 aliphatic heterocycles. The van der Waals surface area contributed by atoms with Gasteiger partial charge in [-0.2, -0.15) is 0 Å². The predicted octanol–water partition coefficient (Wildman–Crippen LogP) is 6.35. The molecule has 0 unspecified atom stereocenters. The summed E-state index contributed by atoms with van der Waals surface area (Å²) in [4.78, 5) is 24.3. The van der Waals surface area contributed by atoms with E-state index in [0.29, 0.717) is 13.0 Å². The quantitative estimate of drug-likeness (QED) is 0.209. The predicted molar refractivity (Wildman–Crippen MR) is 114 cm³/mol. The number of rotatable bonds is 19. The molecule has 4 heteroatoms. The number of carbonyl (C=O) groups is 2. The van der Waals surface area contributed by atoms with Crippen LogP contribution in [0.15, 0.2) is 12.2 Å². The summed E-state index contributed by atoms with van der Waals surface area (Å²) in [6, 6.07) is 0. The largest absolute Gasteiger partial charge is 0.480 e. The van der Waals surface area contributed by atoms with E-state index in [1.807, 2.05) is 6.92 Å². The number of hydrogen-bond donors (Lipinski definition) is 1. The Morgan fingerprint density at radius 2 is 1.26 bits per heavy atom. The minimum absolute atomic E-state index is 0.0168. The molecular formula is C23H43NO3. The zero-order valence-corrected chi connectivity index (χ0v) is 17.9. The summed E-state index contributed by atoms with van der Waals surface area (Å²) in [6.07, 6.45) is 22.0. The summed E-state index contributed by atoms with van der Waals surface area (Å²) in [7, 11) is 0. The van der Waals surface area contributed by atoms with Gasteiger partial charge < -0.3 is 10.0 Å². The molecule has 0 aromatic carbocycles. The Morgan fingerprint density at radius 1 is 0.741 bits per heavy atom. The zero-order valence-electron chi connectivity index (χ0n) is 17.9. The fourth-order valence-corrected chi connectivity index (χ4v) is 3.23. The Hall–Kier alpha value is -1.32. The lowest BCUT2D eigenvalue weighted by molar-refractivity contribution is -0.144. The second kappa shape index (κ2) is 19.4. The second-order valence-electron chi connectivity index (χ2n) is 7.54. The van der Waals surface area contributed by atoms with E-state index in [1.165, 1.54) is 62.7 Å². The number of carbonyl (C=O) groups excluding carboxylic acids is 1. The van der Waals surface area contributed by atoms with E-state index >= 15 is 0 Å². The van der Waals surface area contributed by atoms with Crippen LogP contribution in [0.3, 0.4) is 0 Å². The van der Waals surface area contributed by atoms with Crippen molar-refractivity contribution in [3.8, 4) is 0 Å². The Bertz CT molecular complexity index is 393. The lowest BCUT2D eigenvalue weighted by Crippen LogP contribution is -2.36. The number of unbranched alkanes of at least 4 members (excludes halogenated alkanes) is 11. The lowest BCUT2D eigenvalue weighted by atomic mass is 10.1. The van der Waals surface area contributed by atoms with Gasteiger partial charge in [-0.3, -0.25) is 9.59 Å². The second-order valence-corrected chi connectivity index (χ2v) is 7.54. The van der Waals surface area contributed by atoms with Gasteiger partial charge in [-0.15, -0.1) is 0 Å². The molecule has 1 amide bonds. The molecule has 158 valence electrons. The van der Waals surface area contributed by atoms with Gasteiger partial charge in [0.25, 0.3) is 0 Å². The summed E-state index contributed by atoms with van der Waals surface area (Å²) in [5, 5.41) is 8.86. The SMILES string of the molecule is CCCCCCCC/C=C\CCCCCCCC(=O)N(CCC)CC(=O)O. The Labute approximate surface area is 167 Å². The van der Waals surface area contributed by atoms with Gasteiger partial charge in [0.1, 0.15) is 6.54 Å². The normalized spacial score (nSPS) is 11.2. The van der Waals surface area contributed by atoms with Crippen molar-refractivity contribution in [2.24, 2.45) is 0 Å². The summed E-state index contributed by atoms with van der Waals surface area (Å²) < 4.78 is 0. The molecule has 0 saturated carbocycles. The van der Waals surface area contributed by atoms with E-state index in [4.69, 9.17) is 5.11 Å². The van der Waals surface area contributed by atoms with Crippen molar-refractivity contribution in [3.05, 3.63) is 12.2 Å². The van der Waals surface area contributed by atoms with Gasteiger partial charge >= 0.3 is 5.97 Å². The standard InChI is InChI=1S/C23H43NO3/c1-3-5-6-7-8-9-10-11-12-13-14-15-16-17-18-19-22(25)24(20-4-2)21-23(26)27/h11-12H,3-10,13-21H2,1-2H3,(H,26,27)/b12-11-. The minimum atomic E-state index is -0.929. The molecule has 0 bridgehead atoms. The van der Waals surface area contributed by atoms with Gasteiger partial charge in [0.05, 0.1) is 0 Å². The first-order chi connectivity index (χ1) is 13.1. The average Bonchev–Trinajstić information content (AvgIpc) is 2.64. The summed E-state index contributed by atoms with van der Waals surface area (Å²) in [6.45, 7) is 4.59. The van der Waals surface area contributed by atoms with Crippen molar-refractivity contribution in [2.45, 2.75) is 110 Å². The summed E-state index contributed by atoms with van der Waals surface area (Å²) >= 11 is 0. The molecule has 27 heavy (non-hydrogen) atoms. The van der Waals surface area contributed by atoms with Gasteiger partial charge in [-0.1, -0.05) is 77.4 Å². The number of aliphatic carboxylic acids is 1. The van der Waals surface area contributed by atoms with Crippen molar-refractivity contribution < 1.29 is 14.7 Å². The number of allylic oxidation sites excluding steroid dienone is 2.